The molecule has 0 unspecified atom stereocenters. The molecule has 0 aliphatic heterocycles. The number of aliphatic hydroxyl groups is 1. The molecule has 2 aromatic rings. The van der Waals surface area contributed by atoms with Gasteiger partial charge in [-0.2, -0.15) is 0 Å². The molecule has 1 aromatic heterocycles. The summed E-state index contributed by atoms with van der Waals surface area (Å²) in [7, 11) is 1.30. The number of esters is 1. The van der Waals surface area contributed by atoms with Crippen LogP contribution >= 0.6 is 0 Å². The first-order chi connectivity index (χ1) is 10.7. The third-order valence-corrected chi connectivity index (χ3v) is 3.01. The second kappa shape index (κ2) is 7.33. The molecule has 0 fully saturated rings. The van der Waals surface area contributed by atoms with E-state index >= 15 is 0 Å². The molecule has 0 spiro atoms. The van der Waals surface area contributed by atoms with E-state index in [2.05, 4.69) is 9.72 Å². The van der Waals surface area contributed by atoms with Crippen LogP contribution in [0.5, 0.6) is 5.75 Å². The number of pyridine rings is 1. The summed E-state index contributed by atoms with van der Waals surface area (Å²) >= 11 is 0. The maximum atomic E-state index is 11.3. The van der Waals surface area contributed by atoms with E-state index in [0.29, 0.717) is 34.4 Å². The first kappa shape index (κ1) is 15.7. The van der Waals surface area contributed by atoms with Gasteiger partial charge in [-0.25, -0.2) is 4.79 Å². The fraction of sp³-hybridized carbons (Fsp3) is 0.188. The van der Waals surface area contributed by atoms with Crippen LogP contribution in [0.1, 0.15) is 32.0 Å². The molecule has 22 heavy (non-hydrogen) atoms. The Hall–Kier alpha value is -2.73. The Kier molecular flexibility index (Phi) is 5.21. The van der Waals surface area contributed by atoms with E-state index in [1.807, 2.05) is 0 Å². The maximum Gasteiger partial charge on any atom is 0.339 e. The van der Waals surface area contributed by atoms with Crippen molar-refractivity contribution in [1.82, 2.24) is 4.98 Å². The van der Waals surface area contributed by atoms with E-state index in [0.717, 1.165) is 0 Å². The van der Waals surface area contributed by atoms with Crippen LogP contribution in [0.2, 0.25) is 0 Å². The molecule has 2 rings (SSSR count). The number of aliphatic hydroxyl groups excluding tert-OH is 1. The van der Waals surface area contributed by atoms with Gasteiger partial charge in [0.1, 0.15) is 12.4 Å². The summed E-state index contributed by atoms with van der Waals surface area (Å²) in [6, 6.07) is 8.10. The molecule has 0 saturated heterocycles. The van der Waals surface area contributed by atoms with Gasteiger partial charge < -0.3 is 14.6 Å². The Morgan fingerprint density at radius 1 is 1.32 bits per heavy atom. The fourth-order valence-corrected chi connectivity index (χ4v) is 1.82. The van der Waals surface area contributed by atoms with Crippen LogP contribution in [-0.2, 0) is 18.0 Å². The van der Waals surface area contributed by atoms with Gasteiger partial charge in [-0.15, -0.1) is 0 Å². The second-order valence-electron chi connectivity index (χ2n) is 4.47. The van der Waals surface area contributed by atoms with Gasteiger partial charge in [-0.1, -0.05) is 6.07 Å². The number of methoxy groups -OCH3 is 1. The Balaban J connectivity index is 2.06. The van der Waals surface area contributed by atoms with Gasteiger partial charge in [0.15, 0.2) is 6.29 Å². The Morgan fingerprint density at radius 2 is 2.14 bits per heavy atom. The van der Waals surface area contributed by atoms with Crippen molar-refractivity contribution < 1.29 is 24.2 Å². The van der Waals surface area contributed by atoms with Crippen molar-refractivity contribution in [1.29, 1.82) is 0 Å². The lowest BCUT2D eigenvalue weighted by Gasteiger charge is -2.09. The van der Waals surface area contributed by atoms with Gasteiger partial charge in [0.2, 0.25) is 0 Å². The van der Waals surface area contributed by atoms with Crippen LogP contribution in [0.4, 0.5) is 0 Å². The predicted molar refractivity (Wildman–Crippen MR) is 77.7 cm³/mol. The molecule has 0 saturated carbocycles. The molecule has 1 N–H and O–H groups in total. The van der Waals surface area contributed by atoms with Gasteiger partial charge in [-0.05, 0) is 29.8 Å². The molecule has 0 bridgehead atoms. The van der Waals surface area contributed by atoms with Crippen molar-refractivity contribution >= 4 is 12.3 Å². The van der Waals surface area contributed by atoms with Gasteiger partial charge in [-0.3, -0.25) is 9.78 Å². The second-order valence-corrected chi connectivity index (χ2v) is 4.47. The zero-order valence-electron chi connectivity index (χ0n) is 12.0. The van der Waals surface area contributed by atoms with E-state index in [9.17, 15) is 9.59 Å². The average Bonchev–Trinajstić information content (AvgIpc) is 2.59. The zero-order chi connectivity index (χ0) is 15.9. The SMILES string of the molecule is COC(=O)c1ccc(COc2ccc(CO)cc2C=O)nc1. The summed E-state index contributed by atoms with van der Waals surface area (Å²) in [6.07, 6.45) is 2.07. The Labute approximate surface area is 127 Å². The molecule has 0 radical (unpaired) electrons. The molecule has 114 valence electrons. The highest BCUT2D eigenvalue weighted by Gasteiger charge is 2.08. The summed E-state index contributed by atoms with van der Waals surface area (Å²) in [5.74, 6) is -0.0474. The zero-order valence-corrected chi connectivity index (χ0v) is 12.0. The van der Waals surface area contributed by atoms with Crippen molar-refractivity contribution in [3.05, 3.63) is 58.9 Å². The number of aldehydes is 1. The molecule has 0 amide bonds. The van der Waals surface area contributed by atoms with Gasteiger partial charge >= 0.3 is 5.97 Å². The molecular formula is C16H15NO5. The quantitative estimate of drug-likeness (QED) is 0.646. The summed E-state index contributed by atoms with van der Waals surface area (Å²) < 4.78 is 10.1. The number of aromatic nitrogens is 1. The van der Waals surface area contributed by atoms with E-state index in [4.69, 9.17) is 9.84 Å². The van der Waals surface area contributed by atoms with Crippen LogP contribution in [0, 0.1) is 0 Å². The number of rotatable bonds is 6. The highest BCUT2D eigenvalue weighted by molar-refractivity contribution is 5.88. The van der Waals surface area contributed by atoms with Gasteiger partial charge in [0.25, 0.3) is 0 Å². The molecule has 0 aliphatic carbocycles. The highest BCUT2D eigenvalue weighted by atomic mass is 16.5. The number of nitrogens with zero attached hydrogens (tertiary/aromatic N) is 1. The number of carbonyl (C=O) groups is 2. The average molecular weight is 301 g/mol. The maximum absolute atomic E-state index is 11.3. The highest BCUT2D eigenvalue weighted by Crippen LogP contribution is 2.19. The monoisotopic (exact) mass is 301 g/mol. The fourth-order valence-electron chi connectivity index (χ4n) is 1.82. The smallest absolute Gasteiger partial charge is 0.339 e. The molecule has 1 aromatic carbocycles. The van der Waals surface area contributed by atoms with Crippen molar-refractivity contribution in [2.45, 2.75) is 13.2 Å². The van der Waals surface area contributed by atoms with Gasteiger partial charge in [0.05, 0.1) is 30.5 Å². The number of carbonyl (C=O) groups excluding carboxylic acids is 2. The van der Waals surface area contributed by atoms with Crippen LogP contribution < -0.4 is 4.74 Å². The molecular weight excluding hydrogens is 286 g/mol. The van der Waals surface area contributed by atoms with Gasteiger partial charge in [0, 0.05) is 6.20 Å². The van der Waals surface area contributed by atoms with Crippen LogP contribution in [0.25, 0.3) is 0 Å². The Morgan fingerprint density at radius 3 is 2.73 bits per heavy atom. The third-order valence-electron chi connectivity index (χ3n) is 3.01. The van der Waals surface area contributed by atoms with Crippen LogP contribution in [0.15, 0.2) is 36.5 Å². The van der Waals surface area contributed by atoms with Crippen molar-refractivity contribution in [2.24, 2.45) is 0 Å². The summed E-state index contributed by atoms with van der Waals surface area (Å²) in [5.41, 5.74) is 1.95. The van der Waals surface area contributed by atoms with E-state index in [-0.39, 0.29) is 13.2 Å². The van der Waals surface area contributed by atoms with Crippen LogP contribution in [-0.4, -0.2) is 29.5 Å². The molecule has 6 heteroatoms. The lowest BCUT2D eigenvalue weighted by molar-refractivity contribution is 0.0600. The minimum Gasteiger partial charge on any atom is -0.487 e. The minimum absolute atomic E-state index is 0.141. The normalized spacial score (nSPS) is 10.1. The molecule has 6 nitrogen and oxygen atoms in total. The standard InChI is InChI=1S/C16H15NO5/c1-21-16(20)12-3-4-14(17-7-12)10-22-15-5-2-11(8-18)6-13(15)9-19/h2-7,9,18H,8,10H2,1H3. The first-order valence-electron chi connectivity index (χ1n) is 6.53. The number of hydrogen-bond donors (Lipinski definition) is 1. The van der Waals surface area contributed by atoms with Crippen molar-refractivity contribution in [2.75, 3.05) is 7.11 Å². The molecule has 0 atom stereocenters. The number of hydrogen-bond acceptors (Lipinski definition) is 6. The number of benzene rings is 1. The summed E-state index contributed by atoms with van der Waals surface area (Å²) in [4.78, 5) is 26.4. The van der Waals surface area contributed by atoms with Crippen molar-refractivity contribution in [3.8, 4) is 5.75 Å². The summed E-state index contributed by atoms with van der Waals surface area (Å²) in [6.45, 7) is 0.0123. The van der Waals surface area contributed by atoms with E-state index in [1.165, 1.54) is 13.3 Å². The first-order valence-corrected chi connectivity index (χ1v) is 6.53. The minimum atomic E-state index is -0.456. The largest absolute Gasteiger partial charge is 0.487 e. The predicted octanol–water partition coefficient (Wildman–Crippen LogP) is 1.75. The van der Waals surface area contributed by atoms with Crippen molar-refractivity contribution in [3.63, 3.8) is 0 Å². The van der Waals surface area contributed by atoms with Crippen LogP contribution in [0.3, 0.4) is 0 Å². The molecule has 1 heterocycles. The summed E-state index contributed by atoms with van der Waals surface area (Å²) in [5, 5.41) is 9.04. The third kappa shape index (κ3) is 3.67. The van der Waals surface area contributed by atoms with E-state index in [1.54, 1.807) is 30.3 Å². The Bertz CT molecular complexity index is 667. The lowest BCUT2D eigenvalue weighted by atomic mass is 10.1. The lowest BCUT2D eigenvalue weighted by Crippen LogP contribution is -2.04. The number of ether oxygens (including phenoxy) is 2. The topological polar surface area (TPSA) is 85.7 Å². The van der Waals surface area contributed by atoms with E-state index < -0.39 is 5.97 Å². The molecule has 0 aliphatic rings.